The molecule has 0 spiro atoms. The number of aryl methyl sites for hydroxylation is 1. The summed E-state index contributed by atoms with van der Waals surface area (Å²) in [6, 6.07) is 11.6. The molecule has 2 nitrogen and oxygen atoms in total. The Hall–Kier alpha value is -1.54. The highest BCUT2D eigenvalue weighted by Gasteiger charge is 2.21. The summed E-state index contributed by atoms with van der Waals surface area (Å²) < 4.78 is 2.46. The summed E-state index contributed by atoms with van der Waals surface area (Å²) in [4.78, 5) is 0. The number of rotatable bonds is 3. The number of fused-ring (bicyclic) bond motifs is 1. The zero-order valence-electron chi connectivity index (χ0n) is 13.4. The van der Waals surface area contributed by atoms with Gasteiger partial charge in [0.05, 0.1) is 0 Å². The summed E-state index contributed by atoms with van der Waals surface area (Å²) in [6.45, 7) is 7.64. The molecular weight excluding hydrogens is 256 g/mol. The van der Waals surface area contributed by atoms with Crippen LogP contribution >= 0.6 is 0 Å². The number of benzene rings is 1. The Balaban J connectivity index is 1.88. The highest BCUT2D eigenvalue weighted by atomic mass is 15.0. The third-order valence-corrected chi connectivity index (χ3v) is 4.76. The predicted molar refractivity (Wildman–Crippen MR) is 88.7 cm³/mol. The van der Waals surface area contributed by atoms with E-state index in [9.17, 15) is 0 Å². The minimum absolute atomic E-state index is 0.233. The first-order valence-electron chi connectivity index (χ1n) is 8.09. The molecule has 1 unspecified atom stereocenters. The van der Waals surface area contributed by atoms with Gasteiger partial charge >= 0.3 is 0 Å². The molecule has 0 saturated heterocycles. The van der Waals surface area contributed by atoms with Crippen LogP contribution in [0.4, 0.5) is 0 Å². The molecule has 0 amide bonds. The fourth-order valence-electron chi connectivity index (χ4n) is 3.41. The second-order valence-electron chi connectivity index (χ2n) is 6.67. The van der Waals surface area contributed by atoms with Crippen molar-refractivity contribution >= 4 is 0 Å². The normalized spacial score (nSPS) is 18.0. The Kier molecular flexibility index (Phi) is 3.90. The second kappa shape index (κ2) is 5.69. The molecule has 2 aromatic rings. The molecule has 0 fully saturated rings. The maximum Gasteiger partial charge on any atom is 0.0475 e. The van der Waals surface area contributed by atoms with E-state index in [-0.39, 0.29) is 6.04 Å². The summed E-state index contributed by atoms with van der Waals surface area (Å²) >= 11 is 0. The molecule has 1 heterocycles. The van der Waals surface area contributed by atoms with E-state index in [1.54, 1.807) is 0 Å². The van der Waals surface area contributed by atoms with Crippen molar-refractivity contribution in [3.63, 3.8) is 0 Å². The minimum Gasteiger partial charge on any atom is -0.344 e. The van der Waals surface area contributed by atoms with Crippen molar-refractivity contribution in [1.82, 2.24) is 4.57 Å². The number of nitrogens with zero attached hydrogens (tertiary/aromatic N) is 1. The smallest absolute Gasteiger partial charge is 0.0475 e. The Morgan fingerprint density at radius 1 is 1.24 bits per heavy atom. The topological polar surface area (TPSA) is 30.9 Å². The molecule has 1 aliphatic rings. The zero-order chi connectivity index (χ0) is 15.0. The highest BCUT2D eigenvalue weighted by molar-refractivity contribution is 5.34. The first-order valence-corrected chi connectivity index (χ1v) is 8.09. The lowest BCUT2D eigenvalue weighted by Gasteiger charge is -2.21. The van der Waals surface area contributed by atoms with Crippen LogP contribution in [0.3, 0.4) is 0 Å². The van der Waals surface area contributed by atoms with E-state index in [0.717, 1.165) is 13.0 Å². The molecule has 0 aliphatic heterocycles. The van der Waals surface area contributed by atoms with E-state index in [0.29, 0.717) is 5.92 Å². The number of hydrogen-bond acceptors (Lipinski definition) is 1. The summed E-state index contributed by atoms with van der Waals surface area (Å²) in [5, 5.41) is 0. The maximum absolute atomic E-state index is 6.26. The van der Waals surface area contributed by atoms with E-state index in [1.807, 2.05) is 0 Å². The van der Waals surface area contributed by atoms with Crippen LogP contribution in [0.1, 0.15) is 66.7 Å². The molecule has 0 bridgehead atoms. The van der Waals surface area contributed by atoms with Crippen LogP contribution in [0.5, 0.6) is 0 Å². The molecule has 0 radical (unpaired) electrons. The summed E-state index contributed by atoms with van der Waals surface area (Å²) in [6.07, 6.45) is 3.50. The Morgan fingerprint density at radius 3 is 2.62 bits per heavy atom. The predicted octanol–water partition coefficient (Wildman–Crippen LogP) is 4.30. The quantitative estimate of drug-likeness (QED) is 0.893. The molecule has 1 atom stereocenters. The monoisotopic (exact) mass is 282 g/mol. The molecule has 1 aromatic carbocycles. The molecule has 2 heteroatoms. The molecular formula is C19H26N2. The lowest BCUT2D eigenvalue weighted by molar-refractivity contribution is 0.546. The maximum atomic E-state index is 6.26. The fourth-order valence-corrected chi connectivity index (χ4v) is 3.41. The van der Waals surface area contributed by atoms with Gasteiger partial charge in [0.1, 0.15) is 0 Å². The molecule has 2 N–H and O–H groups in total. The minimum atomic E-state index is 0.233. The Bertz CT molecular complexity index is 620. The first-order chi connectivity index (χ1) is 10.1. The molecule has 3 rings (SSSR count). The van der Waals surface area contributed by atoms with Crippen molar-refractivity contribution in [1.29, 1.82) is 0 Å². The number of hydrogen-bond donors (Lipinski definition) is 1. The van der Waals surface area contributed by atoms with Gasteiger partial charge in [0.15, 0.2) is 0 Å². The van der Waals surface area contributed by atoms with Crippen molar-refractivity contribution in [2.45, 2.75) is 58.5 Å². The van der Waals surface area contributed by atoms with Gasteiger partial charge in [-0.1, -0.05) is 38.1 Å². The lowest BCUT2D eigenvalue weighted by Crippen LogP contribution is -2.18. The van der Waals surface area contributed by atoms with Crippen LogP contribution in [0.25, 0.3) is 0 Å². The lowest BCUT2D eigenvalue weighted by atomic mass is 9.93. The largest absolute Gasteiger partial charge is 0.344 e. The van der Waals surface area contributed by atoms with Gasteiger partial charge in [-0.05, 0) is 54.9 Å². The van der Waals surface area contributed by atoms with Gasteiger partial charge in [0.25, 0.3) is 0 Å². The third kappa shape index (κ3) is 2.77. The van der Waals surface area contributed by atoms with Gasteiger partial charge in [0.2, 0.25) is 0 Å². The van der Waals surface area contributed by atoms with E-state index in [1.165, 1.54) is 40.9 Å². The van der Waals surface area contributed by atoms with Crippen molar-refractivity contribution < 1.29 is 0 Å². The van der Waals surface area contributed by atoms with Gasteiger partial charge in [-0.25, -0.2) is 0 Å². The van der Waals surface area contributed by atoms with Crippen LogP contribution in [-0.4, -0.2) is 4.57 Å². The Morgan fingerprint density at radius 2 is 1.95 bits per heavy atom. The standard InChI is InChI=1S/C19H26N2/c1-13(2)16-9-7-15(8-10-16)12-21-14(3)11-17-18(20)5-4-6-19(17)21/h7-11,13,18H,4-6,12,20H2,1-3H3. The summed E-state index contributed by atoms with van der Waals surface area (Å²) in [5.41, 5.74) is 13.2. The summed E-state index contributed by atoms with van der Waals surface area (Å²) in [5.74, 6) is 0.595. The molecule has 1 aromatic heterocycles. The van der Waals surface area contributed by atoms with Crippen LogP contribution in [0.15, 0.2) is 30.3 Å². The van der Waals surface area contributed by atoms with E-state index >= 15 is 0 Å². The Labute approximate surface area is 128 Å². The van der Waals surface area contributed by atoms with Gasteiger partial charge in [-0.15, -0.1) is 0 Å². The highest BCUT2D eigenvalue weighted by Crippen LogP contribution is 2.31. The molecule has 1 aliphatic carbocycles. The van der Waals surface area contributed by atoms with E-state index in [4.69, 9.17) is 5.73 Å². The van der Waals surface area contributed by atoms with Crippen LogP contribution in [0.2, 0.25) is 0 Å². The van der Waals surface area contributed by atoms with Gasteiger partial charge in [-0.3, -0.25) is 0 Å². The second-order valence-corrected chi connectivity index (χ2v) is 6.67. The first kappa shape index (κ1) is 14.4. The van der Waals surface area contributed by atoms with Crippen LogP contribution in [0, 0.1) is 6.92 Å². The molecule has 112 valence electrons. The average molecular weight is 282 g/mol. The van der Waals surface area contributed by atoms with Crippen molar-refractivity contribution in [2.75, 3.05) is 0 Å². The van der Waals surface area contributed by atoms with Gasteiger partial charge in [0, 0.05) is 24.0 Å². The van der Waals surface area contributed by atoms with E-state index < -0.39 is 0 Å². The van der Waals surface area contributed by atoms with Crippen molar-refractivity contribution in [2.24, 2.45) is 5.73 Å². The van der Waals surface area contributed by atoms with Crippen LogP contribution in [-0.2, 0) is 13.0 Å². The fraction of sp³-hybridized carbons (Fsp3) is 0.474. The van der Waals surface area contributed by atoms with E-state index in [2.05, 4.69) is 55.7 Å². The molecule has 21 heavy (non-hydrogen) atoms. The number of nitrogens with two attached hydrogens (primary N) is 1. The van der Waals surface area contributed by atoms with Gasteiger partial charge < -0.3 is 10.3 Å². The average Bonchev–Trinajstić information content (AvgIpc) is 2.78. The van der Waals surface area contributed by atoms with Crippen molar-refractivity contribution in [3.8, 4) is 0 Å². The third-order valence-electron chi connectivity index (χ3n) is 4.76. The van der Waals surface area contributed by atoms with Crippen molar-refractivity contribution in [3.05, 3.63) is 58.4 Å². The number of aromatic nitrogens is 1. The summed E-state index contributed by atoms with van der Waals surface area (Å²) in [7, 11) is 0. The van der Waals surface area contributed by atoms with Gasteiger partial charge in [-0.2, -0.15) is 0 Å². The zero-order valence-corrected chi connectivity index (χ0v) is 13.4. The SMILES string of the molecule is Cc1cc2c(n1Cc1ccc(C(C)C)cc1)CCCC2N. The molecule has 0 saturated carbocycles. The van der Waals surface area contributed by atoms with Crippen LogP contribution < -0.4 is 5.73 Å².